The normalized spacial score (nSPS) is 19.4. The van der Waals surface area contributed by atoms with Crippen molar-refractivity contribution >= 4 is 33.6 Å². The predicted molar refractivity (Wildman–Crippen MR) is 102 cm³/mol. The number of benzene rings is 1. The van der Waals surface area contributed by atoms with Crippen LogP contribution in [0.25, 0.3) is 22.1 Å². The summed E-state index contributed by atoms with van der Waals surface area (Å²) in [5, 5.41) is 5.57. The lowest BCUT2D eigenvalue weighted by Crippen LogP contribution is -2.16. The van der Waals surface area contributed by atoms with Crippen molar-refractivity contribution in [2.75, 3.05) is 5.43 Å². The van der Waals surface area contributed by atoms with Gasteiger partial charge in [0.2, 0.25) is 0 Å². The number of hydrogen-bond donors (Lipinski definition) is 1. The van der Waals surface area contributed by atoms with Crippen LogP contribution < -0.4 is 5.43 Å². The van der Waals surface area contributed by atoms with Gasteiger partial charge in [0.1, 0.15) is 17.4 Å². The number of anilines is 1. The zero-order chi connectivity index (χ0) is 17.4. The zero-order valence-electron chi connectivity index (χ0n) is 14.4. The molecule has 1 aliphatic rings. The third kappa shape index (κ3) is 2.82. The molecule has 25 heavy (non-hydrogen) atoms. The monoisotopic (exact) mass is 332 g/mol. The molecule has 126 valence electrons. The van der Waals surface area contributed by atoms with E-state index in [1.807, 2.05) is 24.3 Å². The van der Waals surface area contributed by atoms with Gasteiger partial charge in [-0.1, -0.05) is 30.4 Å². The minimum atomic E-state index is 0.445. The molecule has 1 aliphatic carbocycles. The van der Waals surface area contributed by atoms with E-state index in [1.54, 1.807) is 0 Å². The van der Waals surface area contributed by atoms with E-state index in [1.165, 1.54) is 17.5 Å². The average molecular weight is 332 g/mol. The van der Waals surface area contributed by atoms with Gasteiger partial charge in [-0.2, -0.15) is 5.10 Å². The standard InChI is InChI=1S/C20H20N4O/c1-12(2)14-9-8-13(3)16(10-14)23-24-20-19-18(21-11-22-20)15-6-4-5-7-17(15)25-19/h4-8,11,14H,1,9-10H2,2-3H3,(H,21,22,24)/b23-16-/t14-/m1/s1. The molecule has 0 saturated heterocycles. The number of nitrogens with zero attached hydrogens (tertiary/aromatic N) is 3. The van der Waals surface area contributed by atoms with Crippen LogP contribution in [0.1, 0.15) is 26.7 Å². The number of aromatic nitrogens is 2. The quantitative estimate of drug-likeness (QED) is 0.537. The van der Waals surface area contributed by atoms with Crippen LogP contribution >= 0.6 is 0 Å². The van der Waals surface area contributed by atoms with E-state index < -0.39 is 0 Å². The number of hydrogen-bond acceptors (Lipinski definition) is 5. The maximum atomic E-state index is 5.92. The lowest BCUT2D eigenvalue weighted by atomic mass is 9.85. The molecule has 0 spiro atoms. The second-order valence-electron chi connectivity index (χ2n) is 6.54. The van der Waals surface area contributed by atoms with Crippen LogP contribution in [0, 0.1) is 5.92 Å². The highest BCUT2D eigenvalue weighted by molar-refractivity contribution is 6.06. The molecule has 0 unspecified atom stereocenters. The summed E-state index contributed by atoms with van der Waals surface area (Å²) in [6, 6.07) is 7.84. The number of rotatable bonds is 3. The van der Waals surface area contributed by atoms with Gasteiger partial charge in [-0.3, -0.25) is 5.43 Å². The minimum absolute atomic E-state index is 0.445. The van der Waals surface area contributed by atoms with Crippen molar-refractivity contribution in [3.05, 3.63) is 54.4 Å². The van der Waals surface area contributed by atoms with Crippen molar-refractivity contribution in [2.24, 2.45) is 11.0 Å². The number of allylic oxidation sites excluding steroid dienone is 3. The summed E-state index contributed by atoms with van der Waals surface area (Å²) in [7, 11) is 0. The largest absolute Gasteiger partial charge is 0.450 e. The molecule has 0 radical (unpaired) electrons. The second-order valence-corrected chi connectivity index (χ2v) is 6.54. The van der Waals surface area contributed by atoms with Crippen LogP contribution in [-0.2, 0) is 0 Å². The molecule has 0 saturated carbocycles. The fourth-order valence-corrected chi connectivity index (χ4v) is 3.15. The smallest absolute Gasteiger partial charge is 0.197 e. The van der Waals surface area contributed by atoms with E-state index >= 15 is 0 Å². The third-order valence-electron chi connectivity index (χ3n) is 4.76. The summed E-state index contributed by atoms with van der Waals surface area (Å²) in [6.07, 6.45) is 5.67. The van der Waals surface area contributed by atoms with Crippen molar-refractivity contribution in [1.29, 1.82) is 0 Å². The third-order valence-corrected chi connectivity index (χ3v) is 4.76. The van der Waals surface area contributed by atoms with Gasteiger partial charge in [0, 0.05) is 5.39 Å². The van der Waals surface area contributed by atoms with Gasteiger partial charge in [0.25, 0.3) is 0 Å². The Bertz CT molecular complexity index is 1030. The van der Waals surface area contributed by atoms with E-state index in [4.69, 9.17) is 4.42 Å². The Labute approximate surface area is 146 Å². The number of fused-ring (bicyclic) bond motifs is 3. The maximum Gasteiger partial charge on any atom is 0.197 e. The molecule has 3 aromatic rings. The molecule has 0 aliphatic heterocycles. The number of furan rings is 1. The van der Waals surface area contributed by atoms with Crippen LogP contribution in [0.5, 0.6) is 0 Å². The molecule has 1 atom stereocenters. The summed E-state index contributed by atoms with van der Waals surface area (Å²) >= 11 is 0. The van der Waals surface area contributed by atoms with Crippen LogP contribution in [0.2, 0.25) is 0 Å². The van der Waals surface area contributed by atoms with Gasteiger partial charge in [0.15, 0.2) is 11.4 Å². The van der Waals surface area contributed by atoms with E-state index in [2.05, 4.69) is 47.0 Å². The van der Waals surface area contributed by atoms with E-state index in [0.29, 0.717) is 17.3 Å². The summed E-state index contributed by atoms with van der Waals surface area (Å²) < 4.78 is 5.92. The van der Waals surface area contributed by atoms with Crippen LogP contribution in [0.15, 0.2) is 63.9 Å². The maximum absolute atomic E-state index is 5.92. The van der Waals surface area contributed by atoms with Crippen molar-refractivity contribution in [3.8, 4) is 0 Å². The average Bonchev–Trinajstić information content (AvgIpc) is 3.00. The van der Waals surface area contributed by atoms with Gasteiger partial charge in [-0.15, -0.1) is 0 Å². The highest BCUT2D eigenvalue weighted by atomic mass is 16.3. The molecule has 1 N–H and O–H groups in total. The van der Waals surface area contributed by atoms with Crippen molar-refractivity contribution in [3.63, 3.8) is 0 Å². The molecule has 0 fully saturated rings. The van der Waals surface area contributed by atoms with Crippen molar-refractivity contribution in [2.45, 2.75) is 26.7 Å². The molecule has 0 amide bonds. The van der Waals surface area contributed by atoms with Crippen molar-refractivity contribution < 1.29 is 4.42 Å². The molecular formula is C20H20N4O. The number of para-hydroxylation sites is 1. The van der Waals surface area contributed by atoms with Gasteiger partial charge in [-0.25, -0.2) is 9.97 Å². The molecule has 5 heteroatoms. The molecule has 1 aromatic carbocycles. The van der Waals surface area contributed by atoms with Crippen LogP contribution in [0.4, 0.5) is 5.82 Å². The molecular weight excluding hydrogens is 312 g/mol. The lowest BCUT2D eigenvalue weighted by molar-refractivity contribution is 0.639. The fraction of sp³-hybridized carbons (Fsp3) is 0.250. The first-order valence-corrected chi connectivity index (χ1v) is 8.41. The van der Waals surface area contributed by atoms with Gasteiger partial charge < -0.3 is 4.42 Å². The molecule has 2 heterocycles. The molecule has 2 aromatic heterocycles. The van der Waals surface area contributed by atoms with Crippen molar-refractivity contribution in [1.82, 2.24) is 9.97 Å². The molecule has 4 rings (SSSR count). The Morgan fingerprint density at radius 2 is 2.16 bits per heavy atom. The van der Waals surface area contributed by atoms with Gasteiger partial charge >= 0.3 is 0 Å². The zero-order valence-corrected chi connectivity index (χ0v) is 14.4. The van der Waals surface area contributed by atoms with Crippen LogP contribution in [0.3, 0.4) is 0 Å². The predicted octanol–water partition coefficient (Wildman–Crippen LogP) is 5.08. The van der Waals surface area contributed by atoms with E-state index in [9.17, 15) is 0 Å². The fourth-order valence-electron chi connectivity index (χ4n) is 3.15. The van der Waals surface area contributed by atoms with E-state index in [0.717, 1.165) is 35.0 Å². The number of hydrazone groups is 1. The first-order valence-electron chi connectivity index (χ1n) is 8.41. The highest BCUT2D eigenvalue weighted by Crippen LogP contribution is 2.31. The SMILES string of the molecule is C=C(C)[C@@H]1CC=C(C)/C(=N\Nc2ncnc3c2oc2ccccc23)C1. The topological polar surface area (TPSA) is 63.3 Å². The Morgan fingerprint density at radius 3 is 3.00 bits per heavy atom. The molecule has 5 nitrogen and oxygen atoms in total. The van der Waals surface area contributed by atoms with Gasteiger partial charge in [0.05, 0.1) is 5.71 Å². The summed E-state index contributed by atoms with van der Waals surface area (Å²) in [6.45, 7) is 8.25. The Balaban J connectivity index is 1.70. The Morgan fingerprint density at radius 1 is 1.32 bits per heavy atom. The summed E-state index contributed by atoms with van der Waals surface area (Å²) in [4.78, 5) is 8.66. The first kappa shape index (κ1) is 15.6. The first-order chi connectivity index (χ1) is 12.1. The Kier molecular flexibility index (Phi) is 3.84. The highest BCUT2D eigenvalue weighted by Gasteiger charge is 2.19. The van der Waals surface area contributed by atoms with Gasteiger partial charge in [-0.05, 0) is 50.3 Å². The Hall–Kier alpha value is -2.95. The summed E-state index contributed by atoms with van der Waals surface area (Å²) in [5.74, 6) is 1.03. The minimum Gasteiger partial charge on any atom is -0.450 e. The molecule has 0 bridgehead atoms. The number of nitrogens with one attached hydrogen (secondary N) is 1. The van der Waals surface area contributed by atoms with E-state index in [-0.39, 0.29) is 0 Å². The second kappa shape index (κ2) is 6.16. The summed E-state index contributed by atoms with van der Waals surface area (Å²) in [5.41, 5.74) is 8.72. The van der Waals surface area contributed by atoms with Crippen LogP contribution in [-0.4, -0.2) is 15.7 Å². The lowest BCUT2D eigenvalue weighted by Gasteiger charge is -2.22.